The van der Waals surface area contributed by atoms with Crippen LogP contribution in [-0.4, -0.2) is 139 Å². The van der Waals surface area contributed by atoms with Gasteiger partial charge in [-0.3, -0.25) is 24.4 Å². The van der Waals surface area contributed by atoms with Gasteiger partial charge in [-0.1, -0.05) is 57.8 Å². The molecule has 12 nitrogen and oxygen atoms in total. The summed E-state index contributed by atoms with van der Waals surface area (Å²) in [5.74, 6) is -2.48. The first-order valence-electron chi connectivity index (χ1n) is 15.1. The van der Waals surface area contributed by atoms with Gasteiger partial charge in [0.2, 0.25) is 5.91 Å². The third-order valence-electron chi connectivity index (χ3n) is 5.92. The fourth-order valence-corrected chi connectivity index (χ4v) is 3.48. The summed E-state index contributed by atoms with van der Waals surface area (Å²) >= 11 is 0. The molecule has 0 unspecified atom stereocenters. The van der Waals surface area contributed by atoms with E-state index < -0.39 is 11.9 Å². The van der Waals surface area contributed by atoms with Gasteiger partial charge in [-0.2, -0.15) is 0 Å². The molecule has 0 heterocycles. The molecule has 0 atom stereocenters. The second-order valence-electron chi connectivity index (χ2n) is 9.79. The molecule has 244 valence electrons. The number of carbonyl (C=O) groups excluding carboxylic acids is 2. The van der Waals surface area contributed by atoms with Crippen molar-refractivity contribution in [2.45, 2.75) is 90.9 Å². The first-order valence-corrected chi connectivity index (χ1v) is 15.1. The van der Waals surface area contributed by atoms with Crippen molar-refractivity contribution in [3.63, 3.8) is 0 Å². The molecule has 0 aromatic heterocycles. The summed E-state index contributed by atoms with van der Waals surface area (Å²) in [5, 5.41) is 51.0. The van der Waals surface area contributed by atoms with E-state index in [0.717, 1.165) is 51.4 Å². The molecule has 0 spiro atoms. The first kappa shape index (κ1) is 45.9. The standard InChI is InChI=1S/2C15H28N2O4.Ca/c2*1-2-3-4-5-6-8-14(19)16-13-17(10-7-12-18)11-9-15(20)21;/h2*6,8,18H,2-5,7,9-13H2,1H3,(H,16,19)(H,20,21);/q;;+2/p-2/b2*8-6+;. The van der Waals surface area contributed by atoms with Gasteiger partial charge in [0.25, 0.3) is 0 Å². The van der Waals surface area contributed by atoms with E-state index in [4.69, 9.17) is 15.3 Å². The van der Waals surface area contributed by atoms with Crippen LogP contribution in [-0.2, 0) is 14.4 Å². The smallest absolute Gasteiger partial charge is 0.859 e. The zero-order valence-corrected chi connectivity index (χ0v) is 28.6. The number of amides is 1. The number of aliphatic hydroxyl groups excluding tert-OH is 2. The molecule has 0 rings (SSSR count). The largest absolute Gasteiger partial charge is 2.00 e. The molecule has 0 radical (unpaired) electrons. The molecule has 0 bridgehead atoms. The van der Waals surface area contributed by atoms with Crippen LogP contribution < -0.4 is 15.5 Å². The van der Waals surface area contributed by atoms with Crippen molar-refractivity contribution in [3.8, 4) is 0 Å². The van der Waals surface area contributed by atoms with E-state index >= 15 is 0 Å². The number of aliphatic imine (C=N–C) groups is 1. The maximum absolute atomic E-state index is 11.6. The molecule has 4 N–H and O–H groups in total. The quantitative estimate of drug-likeness (QED) is 0.0261. The van der Waals surface area contributed by atoms with Crippen molar-refractivity contribution >= 4 is 61.5 Å². The predicted molar refractivity (Wildman–Crippen MR) is 166 cm³/mol. The Labute approximate surface area is 287 Å². The van der Waals surface area contributed by atoms with E-state index in [1.807, 2.05) is 17.1 Å². The fraction of sp³-hybridized carbons (Fsp3) is 0.733. The number of hydrogen-bond acceptors (Lipinski definition) is 10. The normalized spacial score (nSPS) is 11.5. The molecule has 0 saturated carbocycles. The number of rotatable bonds is 26. The first-order chi connectivity index (χ1) is 20.2. The second-order valence-corrected chi connectivity index (χ2v) is 9.79. The minimum Gasteiger partial charge on any atom is -0.859 e. The summed E-state index contributed by atoms with van der Waals surface area (Å²) in [4.78, 5) is 40.0. The number of hydrogen-bond donors (Lipinski definition) is 4. The number of allylic oxidation sites excluding steroid dienone is 2. The van der Waals surface area contributed by atoms with Gasteiger partial charge in [0.1, 0.15) is 0 Å². The molecule has 0 aliphatic heterocycles. The Morgan fingerprint density at radius 1 is 0.767 bits per heavy atom. The fourth-order valence-electron chi connectivity index (χ4n) is 3.48. The van der Waals surface area contributed by atoms with Gasteiger partial charge in [0.05, 0.1) is 19.8 Å². The van der Waals surface area contributed by atoms with Gasteiger partial charge in [-0.25, -0.2) is 0 Å². The van der Waals surface area contributed by atoms with E-state index in [9.17, 15) is 24.6 Å². The SMILES string of the molecule is CCCCC/C=C/C(=O)NCN(CCCO)CCC(=O)O.CCCCC/C=C/C([O-])=NCN(CCCO)CCC(=O)[O-].[Ca+2]. The molecule has 0 fully saturated rings. The van der Waals surface area contributed by atoms with Crippen LogP contribution in [0.3, 0.4) is 0 Å². The van der Waals surface area contributed by atoms with Crippen LogP contribution in [0.1, 0.15) is 90.9 Å². The van der Waals surface area contributed by atoms with Crippen LogP contribution in [0.25, 0.3) is 0 Å². The third-order valence-corrected chi connectivity index (χ3v) is 5.92. The Morgan fingerprint density at radius 3 is 1.81 bits per heavy atom. The number of carboxylic acid groups (broad SMARTS) is 2. The number of carboxylic acids is 2. The molecular formula is C30H54CaN4O8. The van der Waals surface area contributed by atoms with E-state index in [1.54, 1.807) is 4.90 Å². The summed E-state index contributed by atoms with van der Waals surface area (Å²) < 4.78 is 0. The number of nitrogens with one attached hydrogen (secondary N) is 1. The number of nitrogens with zero attached hydrogens (tertiary/aromatic N) is 3. The topological polar surface area (TPSA) is 189 Å². The van der Waals surface area contributed by atoms with Crippen LogP contribution in [0, 0.1) is 0 Å². The van der Waals surface area contributed by atoms with Crippen molar-refractivity contribution in [1.82, 2.24) is 15.1 Å². The molecule has 43 heavy (non-hydrogen) atoms. The third kappa shape index (κ3) is 36.6. The number of carbonyl (C=O) groups is 3. The van der Waals surface area contributed by atoms with Crippen molar-refractivity contribution in [3.05, 3.63) is 24.3 Å². The second kappa shape index (κ2) is 34.9. The summed E-state index contributed by atoms with van der Waals surface area (Å²) in [6, 6.07) is 0. The van der Waals surface area contributed by atoms with Gasteiger partial charge in [0, 0.05) is 45.4 Å². The van der Waals surface area contributed by atoms with Crippen molar-refractivity contribution in [2.75, 3.05) is 52.7 Å². The molecule has 0 saturated heterocycles. The van der Waals surface area contributed by atoms with E-state index in [2.05, 4.69) is 24.2 Å². The van der Waals surface area contributed by atoms with Gasteiger partial charge in [-0.15, -0.1) is 0 Å². The van der Waals surface area contributed by atoms with Crippen LogP contribution in [0.5, 0.6) is 0 Å². The van der Waals surface area contributed by atoms with Gasteiger partial charge in [-0.05, 0) is 56.9 Å². The maximum Gasteiger partial charge on any atom is 2.00 e. The Bertz CT molecular complexity index is 781. The summed E-state index contributed by atoms with van der Waals surface area (Å²) in [7, 11) is 0. The molecule has 0 aromatic rings. The average Bonchev–Trinajstić information content (AvgIpc) is 2.96. The van der Waals surface area contributed by atoms with Crippen molar-refractivity contribution in [1.29, 1.82) is 0 Å². The van der Waals surface area contributed by atoms with Crippen LogP contribution in [0.4, 0.5) is 0 Å². The van der Waals surface area contributed by atoms with Crippen molar-refractivity contribution in [2.24, 2.45) is 4.99 Å². The minimum atomic E-state index is -1.13. The van der Waals surface area contributed by atoms with E-state index in [-0.39, 0.29) is 88.8 Å². The maximum atomic E-state index is 11.6. The Kier molecular flexibility index (Phi) is 37.3. The van der Waals surface area contributed by atoms with Crippen LogP contribution in [0.15, 0.2) is 29.3 Å². The Balaban J connectivity index is -0.000000727. The summed E-state index contributed by atoms with van der Waals surface area (Å²) in [6.45, 7) is 6.45. The van der Waals surface area contributed by atoms with Crippen LogP contribution >= 0.6 is 0 Å². The van der Waals surface area contributed by atoms with Crippen LogP contribution in [0.2, 0.25) is 0 Å². The molecule has 0 aromatic carbocycles. The minimum absolute atomic E-state index is 0. The van der Waals surface area contributed by atoms with Crippen molar-refractivity contribution < 1.29 is 39.9 Å². The zero-order valence-electron chi connectivity index (χ0n) is 26.4. The van der Waals surface area contributed by atoms with Gasteiger partial charge in [0.15, 0.2) is 0 Å². The monoisotopic (exact) mass is 638 g/mol. The number of unbranched alkanes of at least 4 members (excludes halogenated alkanes) is 6. The number of aliphatic hydroxyl groups is 2. The molecule has 0 aliphatic rings. The van der Waals surface area contributed by atoms with Gasteiger partial charge >= 0.3 is 43.7 Å². The number of aliphatic carboxylic acids is 2. The van der Waals surface area contributed by atoms with E-state index in [1.165, 1.54) is 12.2 Å². The molecule has 0 aliphatic carbocycles. The van der Waals surface area contributed by atoms with Gasteiger partial charge < -0.3 is 35.6 Å². The summed E-state index contributed by atoms with van der Waals surface area (Å²) in [5.41, 5.74) is 0. The molecule has 13 heteroatoms. The summed E-state index contributed by atoms with van der Waals surface area (Å²) in [6.07, 6.45) is 16.2. The predicted octanol–water partition coefficient (Wildman–Crippen LogP) is 0.639. The Hall–Kier alpha value is -1.54. The van der Waals surface area contributed by atoms with E-state index in [0.29, 0.717) is 39.1 Å². The Morgan fingerprint density at radius 2 is 1.30 bits per heavy atom. The molecule has 1 amide bonds. The zero-order chi connectivity index (χ0) is 31.8. The average molecular weight is 639 g/mol. The molecular weight excluding hydrogens is 584 g/mol.